The molecule has 1 N–H and O–H groups in total. The van der Waals surface area contributed by atoms with Crippen molar-refractivity contribution in [2.24, 2.45) is 0 Å². The summed E-state index contributed by atoms with van der Waals surface area (Å²) >= 11 is 0. The second-order valence-corrected chi connectivity index (χ2v) is 3.26. The summed E-state index contributed by atoms with van der Waals surface area (Å²) in [5, 5.41) is 0. The van der Waals surface area contributed by atoms with Gasteiger partial charge in [-0.15, -0.1) is 0 Å². The third-order valence-corrected chi connectivity index (χ3v) is 2.26. The zero-order valence-electron chi connectivity index (χ0n) is 8.66. The molecule has 0 atom stereocenters. The van der Waals surface area contributed by atoms with Gasteiger partial charge in [-0.25, -0.2) is 4.39 Å². The fraction of sp³-hybridized carbons (Fsp3) is 0.0833. The quantitative estimate of drug-likeness (QED) is 0.805. The Morgan fingerprint density at radius 1 is 1.38 bits per heavy atom. The Balaban J connectivity index is 2.38. The highest BCUT2D eigenvalue weighted by Gasteiger charge is 2.14. The van der Waals surface area contributed by atoms with Gasteiger partial charge < -0.3 is 9.72 Å². The van der Waals surface area contributed by atoms with Crippen LogP contribution in [0.2, 0.25) is 0 Å². The van der Waals surface area contributed by atoms with Crippen molar-refractivity contribution in [1.29, 1.82) is 0 Å². The summed E-state index contributed by atoms with van der Waals surface area (Å²) in [6, 6.07) is 7.45. The molecule has 0 saturated heterocycles. The van der Waals surface area contributed by atoms with Gasteiger partial charge in [0.25, 0.3) is 0 Å². The van der Waals surface area contributed by atoms with Crippen LogP contribution in [0.1, 0.15) is 16.1 Å². The van der Waals surface area contributed by atoms with Crippen molar-refractivity contribution in [2.45, 2.75) is 0 Å². The van der Waals surface area contributed by atoms with Crippen molar-refractivity contribution in [3.8, 4) is 5.75 Å². The second kappa shape index (κ2) is 4.18. The van der Waals surface area contributed by atoms with Crippen LogP contribution in [0.3, 0.4) is 0 Å². The molecule has 0 radical (unpaired) electrons. The SMILES string of the molecule is COc1ccc(C(=O)c2ccc[nH]2)c(F)c1. The average molecular weight is 219 g/mol. The van der Waals surface area contributed by atoms with Gasteiger partial charge in [0.2, 0.25) is 5.78 Å². The molecule has 2 aromatic rings. The Morgan fingerprint density at radius 2 is 2.19 bits per heavy atom. The summed E-state index contributed by atoms with van der Waals surface area (Å²) in [6.07, 6.45) is 1.62. The van der Waals surface area contributed by atoms with E-state index in [9.17, 15) is 9.18 Å². The number of carbonyl (C=O) groups excluding carboxylic acids is 1. The van der Waals surface area contributed by atoms with E-state index in [4.69, 9.17) is 4.74 Å². The first-order valence-electron chi connectivity index (χ1n) is 4.74. The topological polar surface area (TPSA) is 42.1 Å². The Hall–Kier alpha value is -2.10. The lowest BCUT2D eigenvalue weighted by molar-refractivity contribution is 0.103. The normalized spacial score (nSPS) is 10.1. The van der Waals surface area contributed by atoms with E-state index in [1.807, 2.05) is 0 Å². The number of aromatic nitrogens is 1. The second-order valence-electron chi connectivity index (χ2n) is 3.26. The number of halogens is 1. The van der Waals surface area contributed by atoms with Crippen molar-refractivity contribution in [1.82, 2.24) is 4.98 Å². The van der Waals surface area contributed by atoms with Crippen LogP contribution < -0.4 is 4.74 Å². The third-order valence-electron chi connectivity index (χ3n) is 2.26. The van der Waals surface area contributed by atoms with Crippen LogP contribution in [0.4, 0.5) is 4.39 Å². The van der Waals surface area contributed by atoms with Crippen LogP contribution in [-0.2, 0) is 0 Å². The molecular weight excluding hydrogens is 209 g/mol. The van der Waals surface area contributed by atoms with Crippen molar-refractivity contribution >= 4 is 5.78 Å². The number of ketones is 1. The van der Waals surface area contributed by atoms with Crippen LogP contribution in [0.25, 0.3) is 0 Å². The van der Waals surface area contributed by atoms with E-state index in [1.165, 1.54) is 19.2 Å². The summed E-state index contributed by atoms with van der Waals surface area (Å²) < 4.78 is 18.4. The molecule has 3 nitrogen and oxygen atoms in total. The number of hydrogen-bond acceptors (Lipinski definition) is 2. The Kier molecular flexibility index (Phi) is 2.72. The van der Waals surface area contributed by atoms with Crippen molar-refractivity contribution in [3.63, 3.8) is 0 Å². The summed E-state index contributed by atoms with van der Waals surface area (Å²) in [7, 11) is 1.45. The number of rotatable bonds is 3. The van der Waals surface area contributed by atoms with E-state index >= 15 is 0 Å². The van der Waals surface area contributed by atoms with Gasteiger partial charge in [0.1, 0.15) is 11.6 Å². The van der Waals surface area contributed by atoms with Crippen LogP contribution in [-0.4, -0.2) is 17.9 Å². The van der Waals surface area contributed by atoms with Crippen molar-refractivity contribution < 1.29 is 13.9 Å². The molecule has 82 valence electrons. The molecule has 2 rings (SSSR count). The van der Waals surface area contributed by atoms with E-state index in [2.05, 4.69) is 4.98 Å². The molecule has 4 heteroatoms. The van der Waals surface area contributed by atoms with Gasteiger partial charge in [-0.05, 0) is 24.3 Å². The minimum Gasteiger partial charge on any atom is -0.497 e. The molecule has 0 aliphatic heterocycles. The molecule has 1 aromatic carbocycles. The molecule has 1 heterocycles. The van der Waals surface area contributed by atoms with Gasteiger partial charge >= 0.3 is 0 Å². The Morgan fingerprint density at radius 3 is 2.75 bits per heavy atom. The molecule has 1 aromatic heterocycles. The van der Waals surface area contributed by atoms with Crippen molar-refractivity contribution in [3.05, 3.63) is 53.6 Å². The van der Waals surface area contributed by atoms with Gasteiger partial charge in [0.15, 0.2) is 0 Å². The van der Waals surface area contributed by atoms with Gasteiger partial charge in [-0.1, -0.05) is 0 Å². The van der Waals surface area contributed by atoms with E-state index < -0.39 is 5.82 Å². The zero-order chi connectivity index (χ0) is 11.5. The first kappa shape index (κ1) is 10.4. The maximum absolute atomic E-state index is 13.6. The number of carbonyl (C=O) groups is 1. The van der Waals surface area contributed by atoms with Gasteiger partial charge in [0, 0.05) is 12.3 Å². The molecule has 0 fully saturated rings. The van der Waals surface area contributed by atoms with E-state index in [-0.39, 0.29) is 11.3 Å². The minimum absolute atomic E-state index is 0.0308. The Bertz CT molecular complexity index is 506. The minimum atomic E-state index is -0.584. The molecule has 0 aliphatic carbocycles. The number of aromatic amines is 1. The molecular formula is C12H10FNO2. The third kappa shape index (κ3) is 1.82. The van der Waals surface area contributed by atoms with Crippen molar-refractivity contribution in [2.75, 3.05) is 7.11 Å². The summed E-state index contributed by atoms with van der Waals surface area (Å²) in [6.45, 7) is 0. The highest BCUT2D eigenvalue weighted by Crippen LogP contribution is 2.18. The standard InChI is InChI=1S/C12H10FNO2/c1-16-8-4-5-9(10(13)7-8)12(15)11-3-2-6-14-11/h2-7,14H,1H3. The fourth-order valence-corrected chi connectivity index (χ4v) is 1.42. The number of H-pyrrole nitrogens is 1. The smallest absolute Gasteiger partial charge is 0.212 e. The maximum atomic E-state index is 13.6. The van der Waals surface area contributed by atoms with Crippen LogP contribution in [0, 0.1) is 5.82 Å². The summed E-state index contributed by atoms with van der Waals surface area (Å²) in [5.41, 5.74) is 0.396. The molecule has 16 heavy (non-hydrogen) atoms. The fourth-order valence-electron chi connectivity index (χ4n) is 1.42. The number of methoxy groups -OCH3 is 1. The highest BCUT2D eigenvalue weighted by atomic mass is 19.1. The molecule has 0 amide bonds. The van der Waals surface area contributed by atoms with Crippen LogP contribution in [0.5, 0.6) is 5.75 Å². The van der Waals surface area contributed by atoms with E-state index in [0.29, 0.717) is 11.4 Å². The van der Waals surface area contributed by atoms with Crippen LogP contribution in [0.15, 0.2) is 36.5 Å². The molecule has 0 unspecified atom stereocenters. The first-order valence-corrected chi connectivity index (χ1v) is 4.74. The lowest BCUT2D eigenvalue weighted by Crippen LogP contribution is -2.04. The summed E-state index contributed by atoms with van der Waals surface area (Å²) in [5.74, 6) is -0.565. The molecule has 0 bridgehead atoms. The molecule has 0 saturated carbocycles. The highest BCUT2D eigenvalue weighted by molar-refractivity contribution is 6.07. The number of nitrogens with one attached hydrogen (secondary N) is 1. The van der Waals surface area contributed by atoms with Gasteiger partial charge in [0.05, 0.1) is 18.4 Å². The predicted molar refractivity (Wildman–Crippen MR) is 57.2 cm³/mol. The number of benzene rings is 1. The average Bonchev–Trinajstić information content (AvgIpc) is 2.81. The zero-order valence-corrected chi connectivity index (χ0v) is 8.66. The lowest BCUT2D eigenvalue weighted by Gasteiger charge is -2.03. The summed E-state index contributed by atoms with van der Waals surface area (Å²) in [4.78, 5) is 14.6. The molecule has 0 aliphatic rings. The maximum Gasteiger partial charge on any atom is 0.212 e. The predicted octanol–water partition coefficient (Wildman–Crippen LogP) is 2.39. The number of ether oxygens (including phenoxy) is 1. The lowest BCUT2D eigenvalue weighted by atomic mass is 10.1. The largest absolute Gasteiger partial charge is 0.497 e. The van der Waals surface area contributed by atoms with Gasteiger partial charge in [-0.2, -0.15) is 0 Å². The molecule has 0 spiro atoms. The first-order chi connectivity index (χ1) is 7.72. The van der Waals surface area contributed by atoms with Crippen LogP contribution >= 0.6 is 0 Å². The van der Waals surface area contributed by atoms with Gasteiger partial charge in [-0.3, -0.25) is 4.79 Å². The Labute approximate surface area is 91.9 Å². The van der Waals surface area contributed by atoms with E-state index in [1.54, 1.807) is 24.4 Å². The monoisotopic (exact) mass is 219 g/mol. The van der Waals surface area contributed by atoms with E-state index in [0.717, 1.165) is 0 Å². The number of hydrogen-bond donors (Lipinski definition) is 1.